The third-order valence-electron chi connectivity index (χ3n) is 4.43. The fourth-order valence-electron chi connectivity index (χ4n) is 2.99. The third kappa shape index (κ3) is 3.69. The fourth-order valence-corrected chi connectivity index (χ4v) is 3.16. The number of benzene rings is 2. The molecular weight excluding hydrogens is 364 g/mol. The molecule has 0 aliphatic heterocycles. The SMILES string of the molecule is CCCCCNc1ccc2cc(-c3nc4cc(Cl)ccc4o3)c(=O)oc2c1. The molecule has 4 aromatic rings. The molecule has 0 unspecified atom stereocenters. The number of unbranched alkanes of at least 4 members (excludes halogenated alkanes) is 2. The van der Waals surface area contributed by atoms with Crippen molar-refractivity contribution in [3.05, 3.63) is 57.9 Å². The Hall–Kier alpha value is -2.79. The minimum absolute atomic E-state index is 0.227. The molecule has 0 aliphatic carbocycles. The van der Waals surface area contributed by atoms with Gasteiger partial charge < -0.3 is 14.2 Å². The number of hydrogen-bond acceptors (Lipinski definition) is 5. The van der Waals surface area contributed by atoms with Gasteiger partial charge in [-0.3, -0.25) is 0 Å². The summed E-state index contributed by atoms with van der Waals surface area (Å²) in [5, 5.41) is 4.73. The van der Waals surface area contributed by atoms with Crippen LogP contribution in [0.15, 0.2) is 56.1 Å². The van der Waals surface area contributed by atoms with Crippen molar-refractivity contribution in [3.8, 4) is 11.5 Å². The van der Waals surface area contributed by atoms with Crippen LogP contribution in [0, 0.1) is 0 Å². The van der Waals surface area contributed by atoms with Crippen LogP contribution >= 0.6 is 11.6 Å². The lowest BCUT2D eigenvalue weighted by molar-refractivity contribution is 0.553. The van der Waals surface area contributed by atoms with E-state index < -0.39 is 5.63 Å². The van der Waals surface area contributed by atoms with Crippen molar-refractivity contribution in [1.82, 2.24) is 4.98 Å². The molecule has 138 valence electrons. The standard InChI is InChI=1S/C21H19ClN2O3/c1-2-3-4-9-23-15-7-5-13-10-16(21(25)27-19(13)12-15)20-24-17-11-14(22)6-8-18(17)26-20/h5-8,10-12,23H,2-4,9H2,1H3. The lowest BCUT2D eigenvalue weighted by Gasteiger charge is -2.07. The average molecular weight is 383 g/mol. The quantitative estimate of drug-likeness (QED) is 0.334. The van der Waals surface area contributed by atoms with Crippen molar-refractivity contribution >= 4 is 39.4 Å². The molecule has 6 heteroatoms. The summed E-state index contributed by atoms with van der Waals surface area (Å²) in [7, 11) is 0. The van der Waals surface area contributed by atoms with Crippen LogP contribution in [-0.4, -0.2) is 11.5 Å². The van der Waals surface area contributed by atoms with Crippen molar-refractivity contribution in [3.63, 3.8) is 0 Å². The molecule has 0 amide bonds. The van der Waals surface area contributed by atoms with Gasteiger partial charge in [-0.05, 0) is 42.8 Å². The van der Waals surface area contributed by atoms with Crippen LogP contribution in [0.3, 0.4) is 0 Å². The first kappa shape index (κ1) is 17.6. The highest BCUT2D eigenvalue weighted by atomic mass is 35.5. The van der Waals surface area contributed by atoms with Crippen LogP contribution in [0.1, 0.15) is 26.2 Å². The topological polar surface area (TPSA) is 68.3 Å². The number of rotatable bonds is 6. The van der Waals surface area contributed by atoms with Crippen molar-refractivity contribution < 1.29 is 8.83 Å². The Kier molecular flexibility index (Phi) is 4.86. The summed E-state index contributed by atoms with van der Waals surface area (Å²) in [6.07, 6.45) is 3.48. The highest BCUT2D eigenvalue weighted by Crippen LogP contribution is 2.27. The number of fused-ring (bicyclic) bond motifs is 2. The monoisotopic (exact) mass is 382 g/mol. The molecule has 0 saturated carbocycles. The van der Waals surface area contributed by atoms with Crippen LogP contribution in [0.5, 0.6) is 0 Å². The van der Waals surface area contributed by atoms with E-state index in [4.69, 9.17) is 20.4 Å². The van der Waals surface area contributed by atoms with Gasteiger partial charge in [-0.25, -0.2) is 9.78 Å². The molecule has 0 atom stereocenters. The largest absolute Gasteiger partial charge is 0.436 e. The maximum Gasteiger partial charge on any atom is 0.349 e. The molecule has 27 heavy (non-hydrogen) atoms. The van der Waals surface area contributed by atoms with Crippen LogP contribution in [0.2, 0.25) is 5.02 Å². The van der Waals surface area contributed by atoms with Crippen molar-refractivity contribution in [2.75, 3.05) is 11.9 Å². The Morgan fingerprint density at radius 3 is 2.78 bits per heavy atom. The van der Waals surface area contributed by atoms with Gasteiger partial charge in [-0.1, -0.05) is 31.4 Å². The molecule has 0 bridgehead atoms. The van der Waals surface area contributed by atoms with Gasteiger partial charge in [-0.2, -0.15) is 0 Å². The summed E-state index contributed by atoms with van der Waals surface area (Å²) in [4.78, 5) is 16.8. The van der Waals surface area contributed by atoms with Crippen LogP contribution in [0.4, 0.5) is 5.69 Å². The van der Waals surface area contributed by atoms with Crippen molar-refractivity contribution in [1.29, 1.82) is 0 Å². The smallest absolute Gasteiger partial charge is 0.349 e. The lowest BCUT2D eigenvalue weighted by Crippen LogP contribution is -2.04. The molecule has 0 fully saturated rings. The second kappa shape index (κ2) is 7.45. The highest BCUT2D eigenvalue weighted by molar-refractivity contribution is 6.31. The van der Waals surface area contributed by atoms with E-state index in [0.717, 1.165) is 24.0 Å². The number of halogens is 1. The van der Waals surface area contributed by atoms with Crippen LogP contribution < -0.4 is 10.9 Å². The predicted molar refractivity (Wildman–Crippen MR) is 109 cm³/mol. The van der Waals surface area contributed by atoms with Gasteiger partial charge in [0.25, 0.3) is 0 Å². The van der Waals surface area contributed by atoms with Crippen LogP contribution in [0.25, 0.3) is 33.5 Å². The Bertz CT molecular complexity index is 1160. The highest BCUT2D eigenvalue weighted by Gasteiger charge is 2.15. The van der Waals surface area contributed by atoms with Crippen LogP contribution in [-0.2, 0) is 0 Å². The van der Waals surface area contributed by atoms with Gasteiger partial charge in [0.1, 0.15) is 16.7 Å². The number of aromatic nitrogens is 1. The second-order valence-corrected chi connectivity index (χ2v) is 6.90. The van der Waals surface area contributed by atoms with Crippen molar-refractivity contribution in [2.45, 2.75) is 26.2 Å². The lowest BCUT2D eigenvalue weighted by atomic mass is 10.1. The Balaban J connectivity index is 1.67. The summed E-state index contributed by atoms with van der Waals surface area (Å²) in [5.74, 6) is 0.227. The first-order valence-electron chi connectivity index (χ1n) is 9.02. The first-order valence-corrected chi connectivity index (χ1v) is 9.40. The third-order valence-corrected chi connectivity index (χ3v) is 4.66. The first-order chi connectivity index (χ1) is 13.1. The maximum atomic E-state index is 12.5. The molecule has 2 aromatic carbocycles. The summed E-state index contributed by atoms with van der Waals surface area (Å²) >= 11 is 5.98. The van der Waals surface area contributed by atoms with Gasteiger partial charge in [0, 0.05) is 28.7 Å². The van der Waals surface area contributed by atoms with E-state index >= 15 is 0 Å². The minimum atomic E-state index is -0.483. The predicted octanol–water partition coefficient (Wildman–Crippen LogP) is 5.86. The van der Waals surface area contributed by atoms with E-state index in [2.05, 4.69) is 17.2 Å². The molecule has 0 saturated heterocycles. The zero-order valence-corrected chi connectivity index (χ0v) is 15.7. The Labute approximate surface area is 161 Å². The van der Waals surface area contributed by atoms with Gasteiger partial charge >= 0.3 is 5.63 Å². The summed E-state index contributed by atoms with van der Waals surface area (Å²) in [5.41, 5.74) is 2.44. The number of nitrogens with zero attached hydrogens (tertiary/aromatic N) is 1. The minimum Gasteiger partial charge on any atom is -0.436 e. The molecular formula is C21H19ClN2O3. The zero-order chi connectivity index (χ0) is 18.8. The number of anilines is 1. The summed E-state index contributed by atoms with van der Waals surface area (Å²) < 4.78 is 11.2. The maximum absolute atomic E-state index is 12.5. The van der Waals surface area contributed by atoms with Crippen molar-refractivity contribution in [2.24, 2.45) is 0 Å². The molecule has 0 aliphatic rings. The van der Waals surface area contributed by atoms with Gasteiger partial charge in [0.15, 0.2) is 5.58 Å². The summed E-state index contributed by atoms with van der Waals surface area (Å²) in [6.45, 7) is 3.07. The second-order valence-electron chi connectivity index (χ2n) is 6.47. The average Bonchev–Trinajstić information content (AvgIpc) is 3.07. The van der Waals surface area contributed by atoms with E-state index in [-0.39, 0.29) is 5.89 Å². The number of hydrogen-bond donors (Lipinski definition) is 1. The zero-order valence-electron chi connectivity index (χ0n) is 14.9. The van der Waals surface area contributed by atoms with E-state index in [1.807, 2.05) is 18.2 Å². The number of nitrogens with one attached hydrogen (secondary N) is 1. The van der Waals surface area contributed by atoms with E-state index in [1.165, 1.54) is 12.8 Å². The van der Waals surface area contributed by atoms with E-state index in [9.17, 15) is 4.79 Å². The molecule has 5 nitrogen and oxygen atoms in total. The Morgan fingerprint density at radius 1 is 1.04 bits per heavy atom. The van der Waals surface area contributed by atoms with E-state index in [0.29, 0.717) is 27.3 Å². The fraction of sp³-hybridized carbons (Fsp3) is 0.238. The summed E-state index contributed by atoms with van der Waals surface area (Å²) in [6, 6.07) is 12.6. The van der Waals surface area contributed by atoms with Gasteiger partial charge in [-0.15, -0.1) is 0 Å². The number of oxazole rings is 1. The molecule has 0 spiro atoms. The van der Waals surface area contributed by atoms with Gasteiger partial charge in [0.05, 0.1) is 0 Å². The molecule has 2 heterocycles. The Morgan fingerprint density at radius 2 is 1.93 bits per heavy atom. The molecule has 2 aromatic heterocycles. The van der Waals surface area contributed by atoms with Gasteiger partial charge in [0.2, 0.25) is 5.89 Å². The normalized spacial score (nSPS) is 11.3. The molecule has 0 radical (unpaired) electrons. The molecule has 1 N–H and O–H groups in total. The van der Waals surface area contributed by atoms with E-state index in [1.54, 1.807) is 24.3 Å². The molecule has 4 rings (SSSR count).